The second kappa shape index (κ2) is 5.53. The molecule has 4 aliphatic rings. The highest BCUT2D eigenvalue weighted by molar-refractivity contribution is 5.92. The standard InChI is InChI=1S/C20H26O4/c1-11(21)24-17-10-13(22)9-12-3-4-14-15(19(12)17)7-8-20(2)16(14)5-6-18(20)23/h9,14-17,19H,3-8,10H2,1-2H3/t14-,15+,16+,17?,19+,20+/m1/s1. The largest absolute Gasteiger partial charge is 0.461 e. The van der Waals surface area contributed by atoms with Crippen molar-refractivity contribution in [2.75, 3.05) is 0 Å². The van der Waals surface area contributed by atoms with Gasteiger partial charge in [0.1, 0.15) is 11.9 Å². The summed E-state index contributed by atoms with van der Waals surface area (Å²) in [6, 6.07) is 0. The molecule has 0 aromatic rings. The average Bonchev–Trinajstić information content (AvgIpc) is 2.81. The number of ketones is 2. The highest BCUT2D eigenvalue weighted by Gasteiger charge is 2.57. The van der Waals surface area contributed by atoms with Crippen molar-refractivity contribution in [3.63, 3.8) is 0 Å². The minimum Gasteiger partial charge on any atom is -0.461 e. The van der Waals surface area contributed by atoms with Crippen LogP contribution in [0.15, 0.2) is 11.6 Å². The number of rotatable bonds is 1. The summed E-state index contributed by atoms with van der Waals surface area (Å²) in [6.45, 7) is 3.60. The lowest BCUT2D eigenvalue weighted by Crippen LogP contribution is -2.50. The van der Waals surface area contributed by atoms with Crippen molar-refractivity contribution < 1.29 is 19.1 Å². The fourth-order valence-corrected chi connectivity index (χ4v) is 6.33. The minimum absolute atomic E-state index is 0.0858. The molecule has 6 atom stereocenters. The maximum atomic E-state index is 12.4. The SMILES string of the molecule is CC(=O)OC1CC(=O)C=C2CC[C@@H]3[C@H](CC[C@]4(C)C(=O)CC[C@@H]34)[C@H]21. The maximum Gasteiger partial charge on any atom is 0.302 e. The van der Waals surface area contributed by atoms with Crippen LogP contribution in [-0.4, -0.2) is 23.6 Å². The van der Waals surface area contributed by atoms with Gasteiger partial charge < -0.3 is 4.74 Å². The molecule has 0 aliphatic heterocycles. The topological polar surface area (TPSA) is 60.4 Å². The Morgan fingerprint density at radius 3 is 2.71 bits per heavy atom. The van der Waals surface area contributed by atoms with Crippen molar-refractivity contribution in [1.82, 2.24) is 0 Å². The monoisotopic (exact) mass is 330 g/mol. The maximum absolute atomic E-state index is 12.4. The summed E-state index contributed by atoms with van der Waals surface area (Å²) in [7, 11) is 0. The van der Waals surface area contributed by atoms with E-state index in [1.165, 1.54) is 12.5 Å². The van der Waals surface area contributed by atoms with E-state index in [0.717, 1.165) is 38.5 Å². The van der Waals surface area contributed by atoms with Gasteiger partial charge in [0.25, 0.3) is 0 Å². The Bertz CT molecular complexity index is 634. The molecule has 3 fully saturated rings. The lowest BCUT2D eigenvalue weighted by molar-refractivity contribution is -0.154. The molecule has 4 aliphatic carbocycles. The number of esters is 1. The zero-order valence-corrected chi connectivity index (χ0v) is 14.5. The lowest BCUT2D eigenvalue weighted by atomic mass is 9.52. The Morgan fingerprint density at radius 2 is 1.96 bits per heavy atom. The lowest BCUT2D eigenvalue weighted by Gasteiger charge is -2.53. The molecule has 0 aromatic carbocycles. The van der Waals surface area contributed by atoms with Crippen LogP contribution in [-0.2, 0) is 19.1 Å². The van der Waals surface area contributed by atoms with Gasteiger partial charge in [-0.05, 0) is 55.9 Å². The second-order valence-corrected chi connectivity index (χ2v) is 8.45. The van der Waals surface area contributed by atoms with Crippen molar-refractivity contribution in [2.24, 2.45) is 29.1 Å². The molecule has 4 heteroatoms. The quantitative estimate of drug-likeness (QED) is 0.693. The molecule has 1 unspecified atom stereocenters. The molecule has 130 valence electrons. The first-order valence-electron chi connectivity index (χ1n) is 9.34. The summed E-state index contributed by atoms with van der Waals surface area (Å²) in [6.07, 6.45) is 7.51. The molecule has 0 N–H and O–H groups in total. The van der Waals surface area contributed by atoms with E-state index in [1.807, 2.05) is 6.08 Å². The van der Waals surface area contributed by atoms with Gasteiger partial charge in [-0.25, -0.2) is 0 Å². The first kappa shape index (κ1) is 16.0. The summed E-state index contributed by atoms with van der Waals surface area (Å²) in [5.41, 5.74) is 1.05. The Hall–Kier alpha value is -1.45. The summed E-state index contributed by atoms with van der Waals surface area (Å²) < 4.78 is 5.57. The van der Waals surface area contributed by atoms with Crippen LogP contribution >= 0.6 is 0 Å². The van der Waals surface area contributed by atoms with Crippen LogP contribution in [0.4, 0.5) is 0 Å². The summed E-state index contributed by atoms with van der Waals surface area (Å²) in [5.74, 6) is 1.87. The molecule has 0 saturated heterocycles. The third-order valence-corrected chi connectivity index (χ3v) is 7.32. The second-order valence-electron chi connectivity index (χ2n) is 8.45. The highest BCUT2D eigenvalue weighted by atomic mass is 16.5. The summed E-state index contributed by atoms with van der Waals surface area (Å²) in [4.78, 5) is 36.0. The molecule has 24 heavy (non-hydrogen) atoms. The molecule has 0 bridgehead atoms. The van der Waals surface area contributed by atoms with E-state index < -0.39 is 0 Å². The van der Waals surface area contributed by atoms with Gasteiger partial charge >= 0.3 is 5.97 Å². The van der Waals surface area contributed by atoms with E-state index in [0.29, 0.717) is 30.0 Å². The van der Waals surface area contributed by atoms with Gasteiger partial charge in [-0.2, -0.15) is 0 Å². The molecule has 3 saturated carbocycles. The molecule has 0 radical (unpaired) electrons. The van der Waals surface area contributed by atoms with Crippen LogP contribution in [0.25, 0.3) is 0 Å². The van der Waals surface area contributed by atoms with Gasteiger partial charge in [0.2, 0.25) is 0 Å². The van der Waals surface area contributed by atoms with E-state index in [2.05, 4.69) is 6.92 Å². The van der Waals surface area contributed by atoms with E-state index in [1.54, 1.807) is 0 Å². The molecule has 0 amide bonds. The summed E-state index contributed by atoms with van der Waals surface area (Å²) in [5, 5.41) is 0. The van der Waals surface area contributed by atoms with Crippen LogP contribution in [0.5, 0.6) is 0 Å². The number of carbonyl (C=O) groups excluding carboxylic acids is 3. The van der Waals surface area contributed by atoms with Gasteiger partial charge in [-0.1, -0.05) is 12.5 Å². The molecule has 0 spiro atoms. The fourth-order valence-electron chi connectivity index (χ4n) is 6.33. The van der Waals surface area contributed by atoms with Crippen molar-refractivity contribution in [2.45, 2.75) is 64.9 Å². The first-order valence-corrected chi connectivity index (χ1v) is 9.34. The van der Waals surface area contributed by atoms with E-state index in [9.17, 15) is 14.4 Å². The molecular formula is C20H26O4. The fraction of sp³-hybridized carbons (Fsp3) is 0.750. The predicted molar refractivity (Wildman–Crippen MR) is 88.0 cm³/mol. The Kier molecular flexibility index (Phi) is 3.70. The first-order chi connectivity index (χ1) is 11.4. The van der Waals surface area contributed by atoms with Crippen molar-refractivity contribution >= 4 is 17.5 Å². The van der Waals surface area contributed by atoms with Gasteiger partial charge in [-0.15, -0.1) is 0 Å². The third kappa shape index (κ3) is 2.29. The smallest absolute Gasteiger partial charge is 0.302 e. The molecule has 4 rings (SSSR count). The Morgan fingerprint density at radius 1 is 1.17 bits per heavy atom. The van der Waals surface area contributed by atoms with Gasteiger partial charge in [0, 0.05) is 31.1 Å². The van der Waals surface area contributed by atoms with Gasteiger partial charge in [-0.3, -0.25) is 14.4 Å². The Labute approximate surface area is 143 Å². The number of ether oxygens (including phenoxy) is 1. The zero-order chi connectivity index (χ0) is 17.1. The van der Waals surface area contributed by atoms with Gasteiger partial charge in [0.05, 0.1) is 0 Å². The van der Waals surface area contributed by atoms with E-state index >= 15 is 0 Å². The predicted octanol–water partition coefficient (Wildman–Crippen LogP) is 3.24. The Balaban J connectivity index is 1.66. The molecule has 4 nitrogen and oxygen atoms in total. The zero-order valence-electron chi connectivity index (χ0n) is 14.5. The number of fused-ring (bicyclic) bond motifs is 5. The number of Topliss-reactive ketones (excluding diaryl/α,β-unsaturated/α-hetero) is 1. The van der Waals surface area contributed by atoms with E-state index in [-0.39, 0.29) is 29.2 Å². The van der Waals surface area contributed by atoms with Crippen LogP contribution in [0.3, 0.4) is 0 Å². The van der Waals surface area contributed by atoms with Gasteiger partial charge in [0.15, 0.2) is 5.78 Å². The molecular weight excluding hydrogens is 304 g/mol. The number of carbonyl (C=O) groups is 3. The summed E-state index contributed by atoms with van der Waals surface area (Å²) >= 11 is 0. The molecule has 0 heterocycles. The average molecular weight is 330 g/mol. The van der Waals surface area contributed by atoms with E-state index in [4.69, 9.17) is 4.74 Å². The molecule has 0 aromatic heterocycles. The van der Waals surface area contributed by atoms with Crippen LogP contribution < -0.4 is 0 Å². The van der Waals surface area contributed by atoms with Crippen LogP contribution in [0.1, 0.15) is 58.8 Å². The van der Waals surface area contributed by atoms with Crippen LogP contribution in [0.2, 0.25) is 0 Å². The third-order valence-electron chi connectivity index (χ3n) is 7.32. The van der Waals surface area contributed by atoms with Crippen molar-refractivity contribution in [3.8, 4) is 0 Å². The van der Waals surface area contributed by atoms with Crippen molar-refractivity contribution in [3.05, 3.63) is 11.6 Å². The van der Waals surface area contributed by atoms with Crippen LogP contribution in [0, 0.1) is 29.1 Å². The number of hydrogen-bond acceptors (Lipinski definition) is 4. The minimum atomic E-state index is -0.302. The van der Waals surface area contributed by atoms with Crippen molar-refractivity contribution in [1.29, 1.82) is 0 Å². The highest BCUT2D eigenvalue weighted by Crippen LogP contribution is 2.60. The number of hydrogen-bond donors (Lipinski definition) is 0. The normalized spacial score (nSPS) is 44.2.